The second-order valence-electron chi connectivity index (χ2n) is 1.58. The minimum absolute atomic E-state index is 0. The Hall–Kier alpha value is 1.17. The zero-order valence-electron chi connectivity index (χ0n) is 4.94. The zero-order chi connectivity index (χ0) is 6.85. The van der Waals surface area contributed by atoms with E-state index in [1.165, 1.54) is 0 Å². The van der Waals surface area contributed by atoms with Crippen molar-refractivity contribution in [3.8, 4) is 0 Å². The van der Waals surface area contributed by atoms with E-state index in [9.17, 15) is 0 Å². The number of nitrogens with zero attached hydrogens (tertiary/aromatic N) is 1. The first-order valence-electron chi connectivity index (χ1n) is 2.34. The quantitative estimate of drug-likeness (QED) is 0.415. The third-order valence-corrected chi connectivity index (χ3v) is 3.03. The van der Waals surface area contributed by atoms with Crippen LogP contribution >= 0.6 is 31.9 Å². The number of hydrogen-bond acceptors (Lipinski definition) is 1. The number of halogens is 3. The standard InChI is InChI=1S/C5H2Br2N.ClH.Mg/c6-4-2-1-3-8-5(4)7;;/h1-2H;1H;/q;;+1/p-1. The van der Waals surface area contributed by atoms with Crippen LogP contribution in [-0.2, 0) is 0 Å². The summed E-state index contributed by atoms with van der Waals surface area (Å²) in [5, 5.41) is 0. The Balaban J connectivity index is 0.000000810. The first-order valence-corrected chi connectivity index (χ1v) is 4.63. The number of hydrogen-bond donors (Lipinski definition) is 0. The van der Waals surface area contributed by atoms with Crippen LogP contribution in [-0.4, -0.2) is 26.7 Å². The van der Waals surface area contributed by atoms with Crippen molar-refractivity contribution >= 4 is 57.4 Å². The van der Waals surface area contributed by atoms with E-state index in [0.717, 1.165) is 12.9 Å². The van der Waals surface area contributed by atoms with Gasteiger partial charge in [-0.1, -0.05) is 0 Å². The minimum atomic E-state index is 0. The Labute approximate surface area is 95.1 Å². The first kappa shape index (κ1) is 11.2. The van der Waals surface area contributed by atoms with E-state index in [0.29, 0.717) is 0 Å². The number of pyridine rings is 1. The molecule has 0 radical (unpaired) electrons. The van der Waals surface area contributed by atoms with Crippen molar-refractivity contribution in [2.24, 2.45) is 0 Å². The van der Waals surface area contributed by atoms with Gasteiger partial charge in [-0.3, -0.25) is 0 Å². The molecule has 0 fully saturated rings. The Bertz CT molecular complexity index is 231. The summed E-state index contributed by atoms with van der Waals surface area (Å²) >= 11 is 8.38. The monoisotopic (exact) mass is 293 g/mol. The van der Waals surface area contributed by atoms with Crippen molar-refractivity contribution in [1.29, 1.82) is 0 Å². The predicted octanol–water partition coefficient (Wildman–Crippen LogP) is -1.60. The fraction of sp³-hybridized carbons (Fsp3) is 0. The van der Waals surface area contributed by atoms with Gasteiger partial charge in [-0.2, -0.15) is 0 Å². The van der Waals surface area contributed by atoms with E-state index in [2.05, 4.69) is 36.8 Å². The zero-order valence-corrected chi connectivity index (χ0v) is 10.3. The molecule has 0 spiro atoms. The van der Waals surface area contributed by atoms with E-state index in [-0.39, 0.29) is 12.4 Å². The van der Waals surface area contributed by atoms with Crippen LogP contribution in [0.4, 0.5) is 0 Å². The SMILES string of the molecule is [Cl-].[Mg+][c]1ccc(Br)c(Br)n1. The molecule has 0 aliphatic rings. The van der Waals surface area contributed by atoms with Gasteiger partial charge in [-0.15, -0.1) is 0 Å². The molecule has 1 aromatic rings. The summed E-state index contributed by atoms with van der Waals surface area (Å²) in [6.07, 6.45) is 0. The maximum absolute atomic E-state index is 4.16. The van der Waals surface area contributed by atoms with Crippen LogP contribution in [0.1, 0.15) is 0 Å². The second-order valence-corrected chi connectivity index (χ2v) is 3.91. The summed E-state index contributed by atoms with van der Waals surface area (Å²) in [6.45, 7) is 0. The fourth-order valence-corrected chi connectivity index (χ4v) is 1.54. The van der Waals surface area contributed by atoms with Crippen molar-refractivity contribution in [2.75, 3.05) is 0 Å². The van der Waals surface area contributed by atoms with Gasteiger partial charge >= 0.3 is 83.6 Å². The van der Waals surface area contributed by atoms with E-state index in [1.54, 1.807) is 21.7 Å². The third-order valence-electron chi connectivity index (χ3n) is 0.861. The molecule has 0 atom stereocenters. The summed E-state index contributed by atoms with van der Waals surface area (Å²) in [6, 6.07) is 3.94. The van der Waals surface area contributed by atoms with Gasteiger partial charge < -0.3 is 12.4 Å². The Morgan fingerprint density at radius 2 is 1.90 bits per heavy atom. The predicted molar refractivity (Wildman–Crippen MR) is 45.0 cm³/mol. The van der Waals surface area contributed by atoms with Gasteiger partial charge in [-0.25, -0.2) is 0 Å². The normalized spacial score (nSPS) is 8.80. The molecule has 0 saturated carbocycles. The van der Waals surface area contributed by atoms with Crippen molar-refractivity contribution in [3.63, 3.8) is 0 Å². The molecule has 1 nitrogen and oxygen atoms in total. The molecule has 0 aliphatic heterocycles. The van der Waals surface area contributed by atoms with Gasteiger partial charge in [0.2, 0.25) is 0 Å². The second kappa shape index (κ2) is 4.93. The van der Waals surface area contributed by atoms with E-state index in [4.69, 9.17) is 0 Å². The summed E-state index contributed by atoms with van der Waals surface area (Å²) in [5.41, 5.74) is 0. The Morgan fingerprint density at radius 3 is 2.30 bits per heavy atom. The summed E-state index contributed by atoms with van der Waals surface area (Å²) in [4.78, 5) is 4.16. The van der Waals surface area contributed by atoms with Crippen molar-refractivity contribution in [1.82, 2.24) is 4.98 Å². The van der Waals surface area contributed by atoms with Gasteiger partial charge in [0.1, 0.15) is 0 Å². The van der Waals surface area contributed by atoms with E-state index >= 15 is 0 Å². The van der Waals surface area contributed by atoms with Gasteiger partial charge in [0.05, 0.1) is 0 Å². The molecule has 10 heavy (non-hydrogen) atoms. The molecule has 1 heterocycles. The van der Waals surface area contributed by atoms with Crippen LogP contribution in [0.25, 0.3) is 0 Å². The molecule has 0 unspecified atom stereocenters. The van der Waals surface area contributed by atoms with Crippen LogP contribution in [0.2, 0.25) is 0 Å². The van der Waals surface area contributed by atoms with Crippen LogP contribution in [0, 0.1) is 0 Å². The van der Waals surface area contributed by atoms with E-state index in [1.807, 2.05) is 12.1 Å². The van der Waals surface area contributed by atoms with Crippen molar-refractivity contribution < 1.29 is 12.4 Å². The average Bonchev–Trinajstić information content (AvgIpc) is 1.80. The maximum atomic E-state index is 4.16. The molecule has 1 aromatic heterocycles. The molecule has 0 N–H and O–H groups in total. The van der Waals surface area contributed by atoms with Crippen molar-refractivity contribution in [2.45, 2.75) is 0 Å². The molecule has 0 aromatic carbocycles. The first-order chi connectivity index (χ1) is 4.20. The molecule has 0 amide bonds. The Morgan fingerprint density at radius 1 is 1.30 bits per heavy atom. The molecule has 0 aliphatic carbocycles. The summed E-state index contributed by atoms with van der Waals surface area (Å²) in [5.74, 6) is 0. The van der Waals surface area contributed by atoms with Gasteiger partial charge in [0.25, 0.3) is 0 Å². The molecule has 0 bridgehead atoms. The molecule has 50 valence electrons. The average molecular weight is 296 g/mol. The molecular formula is C5H2Br2ClMgN. The third kappa shape index (κ3) is 3.05. The topological polar surface area (TPSA) is 12.9 Å². The fourth-order valence-electron chi connectivity index (χ4n) is 0.455. The van der Waals surface area contributed by atoms with Gasteiger partial charge in [0.15, 0.2) is 0 Å². The Kier molecular flexibility index (Phi) is 5.50. The van der Waals surface area contributed by atoms with Crippen LogP contribution in [0.5, 0.6) is 0 Å². The van der Waals surface area contributed by atoms with Gasteiger partial charge in [0, 0.05) is 0 Å². The molecular weight excluding hydrogens is 294 g/mol. The number of aromatic nitrogens is 1. The number of rotatable bonds is 0. The van der Waals surface area contributed by atoms with E-state index < -0.39 is 0 Å². The molecule has 5 heteroatoms. The van der Waals surface area contributed by atoms with Gasteiger partial charge in [-0.05, 0) is 0 Å². The molecule has 0 saturated heterocycles. The summed E-state index contributed by atoms with van der Waals surface area (Å²) in [7, 11) is 0. The summed E-state index contributed by atoms with van der Waals surface area (Å²) < 4.78 is 2.91. The van der Waals surface area contributed by atoms with Crippen molar-refractivity contribution in [3.05, 3.63) is 21.2 Å². The van der Waals surface area contributed by atoms with Crippen LogP contribution in [0.15, 0.2) is 21.2 Å². The van der Waals surface area contributed by atoms with Crippen LogP contribution in [0.3, 0.4) is 0 Å². The molecule has 1 rings (SSSR count). The van der Waals surface area contributed by atoms with Crippen LogP contribution < -0.4 is 16.2 Å².